The summed E-state index contributed by atoms with van der Waals surface area (Å²) in [5.41, 5.74) is 0.764. The summed E-state index contributed by atoms with van der Waals surface area (Å²) in [4.78, 5) is 22.3. The van der Waals surface area contributed by atoms with Crippen LogP contribution >= 0.6 is 11.6 Å². The lowest BCUT2D eigenvalue weighted by Gasteiger charge is -2.42. The van der Waals surface area contributed by atoms with E-state index in [4.69, 9.17) is 11.6 Å². The van der Waals surface area contributed by atoms with Crippen LogP contribution in [0.15, 0.2) is 12.4 Å². The van der Waals surface area contributed by atoms with E-state index in [0.29, 0.717) is 17.4 Å². The van der Waals surface area contributed by atoms with Gasteiger partial charge in [-0.3, -0.25) is 4.98 Å². The topological polar surface area (TPSA) is 58.1 Å². The number of aromatic nitrogens is 2. The Morgan fingerprint density at radius 1 is 1.50 bits per heavy atom. The Balaban J connectivity index is 1.96. The van der Waals surface area contributed by atoms with Gasteiger partial charge in [-0.15, -0.1) is 0 Å². The molecular formula is C14H21ClN4O. The molecule has 1 aliphatic heterocycles. The Kier molecular flexibility index (Phi) is 4.48. The highest BCUT2D eigenvalue weighted by Gasteiger charge is 2.33. The van der Waals surface area contributed by atoms with E-state index in [2.05, 4.69) is 36.1 Å². The summed E-state index contributed by atoms with van der Waals surface area (Å²) in [6.45, 7) is 7.55. The zero-order chi connectivity index (χ0) is 14.8. The fraction of sp³-hybridized carbons (Fsp3) is 0.643. The molecule has 2 amide bonds. The molecule has 0 radical (unpaired) electrons. The van der Waals surface area contributed by atoms with Crippen molar-refractivity contribution in [2.24, 2.45) is 5.41 Å². The van der Waals surface area contributed by atoms with Gasteiger partial charge in [-0.05, 0) is 25.2 Å². The third-order valence-electron chi connectivity index (χ3n) is 3.76. The standard InChI is InChI=1S/C14H21ClN4O/c1-10-4-5-14(2,3)9-19(10)13(20)18-8-11-12(15)17-7-6-16-11/h6-7,10H,4-5,8-9H2,1-3H3,(H,18,20). The number of hydrogen-bond donors (Lipinski definition) is 1. The summed E-state index contributed by atoms with van der Waals surface area (Å²) in [5.74, 6) is 0. The van der Waals surface area contributed by atoms with Crippen LogP contribution in [0.1, 0.15) is 39.3 Å². The fourth-order valence-electron chi connectivity index (χ4n) is 2.45. The number of urea groups is 1. The van der Waals surface area contributed by atoms with Crippen molar-refractivity contribution in [1.82, 2.24) is 20.2 Å². The maximum absolute atomic E-state index is 12.3. The molecule has 1 fully saturated rings. The SMILES string of the molecule is CC1CCC(C)(C)CN1C(=O)NCc1nccnc1Cl. The highest BCUT2D eigenvalue weighted by Crippen LogP contribution is 2.31. The second-order valence-corrected chi connectivity index (χ2v) is 6.49. The Morgan fingerprint density at radius 2 is 2.20 bits per heavy atom. The summed E-state index contributed by atoms with van der Waals surface area (Å²) in [5, 5.41) is 3.21. The van der Waals surface area contributed by atoms with E-state index in [0.717, 1.165) is 19.4 Å². The van der Waals surface area contributed by atoms with Crippen molar-refractivity contribution in [2.45, 2.75) is 46.2 Å². The normalized spacial score (nSPS) is 21.6. The van der Waals surface area contributed by atoms with Crippen LogP contribution in [-0.4, -0.2) is 33.5 Å². The molecule has 1 N–H and O–H groups in total. The van der Waals surface area contributed by atoms with E-state index in [9.17, 15) is 4.79 Å². The molecule has 0 saturated carbocycles. The minimum Gasteiger partial charge on any atom is -0.332 e. The Morgan fingerprint density at radius 3 is 2.90 bits per heavy atom. The predicted molar refractivity (Wildman–Crippen MR) is 78.5 cm³/mol. The number of hydrogen-bond acceptors (Lipinski definition) is 3. The first-order valence-electron chi connectivity index (χ1n) is 6.89. The van der Waals surface area contributed by atoms with Gasteiger partial charge in [-0.25, -0.2) is 9.78 Å². The molecular weight excluding hydrogens is 276 g/mol. The van der Waals surface area contributed by atoms with Crippen LogP contribution in [0.5, 0.6) is 0 Å². The van der Waals surface area contributed by atoms with Crippen LogP contribution < -0.4 is 5.32 Å². The lowest BCUT2D eigenvalue weighted by Crippen LogP contribution is -2.52. The third kappa shape index (κ3) is 3.60. The molecule has 1 aromatic heterocycles. The van der Waals surface area contributed by atoms with Gasteiger partial charge in [0, 0.05) is 25.0 Å². The minimum atomic E-state index is -0.0630. The monoisotopic (exact) mass is 296 g/mol. The number of likely N-dealkylation sites (tertiary alicyclic amines) is 1. The van der Waals surface area contributed by atoms with E-state index in [1.807, 2.05) is 4.90 Å². The number of carbonyl (C=O) groups is 1. The summed E-state index contributed by atoms with van der Waals surface area (Å²) in [6, 6.07) is 0.201. The van der Waals surface area contributed by atoms with E-state index < -0.39 is 0 Å². The molecule has 1 aromatic rings. The molecule has 0 aromatic carbocycles. The lowest BCUT2D eigenvalue weighted by atomic mass is 9.82. The molecule has 5 nitrogen and oxygen atoms in total. The predicted octanol–water partition coefficient (Wildman–Crippen LogP) is 2.85. The van der Waals surface area contributed by atoms with Gasteiger partial charge in [-0.2, -0.15) is 0 Å². The van der Waals surface area contributed by atoms with E-state index in [1.165, 1.54) is 6.20 Å². The van der Waals surface area contributed by atoms with Gasteiger partial charge < -0.3 is 10.2 Å². The molecule has 1 unspecified atom stereocenters. The molecule has 0 aliphatic carbocycles. The Labute approximate surface area is 124 Å². The molecule has 2 rings (SSSR count). The number of rotatable bonds is 2. The molecule has 1 saturated heterocycles. The molecule has 20 heavy (non-hydrogen) atoms. The van der Waals surface area contributed by atoms with Gasteiger partial charge in [0.05, 0.1) is 12.2 Å². The van der Waals surface area contributed by atoms with E-state index in [1.54, 1.807) is 6.20 Å². The number of nitrogens with zero attached hydrogens (tertiary/aromatic N) is 3. The zero-order valence-electron chi connectivity index (χ0n) is 12.2. The summed E-state index contributed by atoms with van der Waals surface area (Å²) in [7, 11) is 0. The second kappa shape index (κ2) is 5.95. The Bertz CT molecular complexity index is 492. The fourth-order valence-corrected chi connectivity index (χ4v) is 2.62. The van der Waals surface area contributed by atoms with Gasteiger partial charge >= 0.3 is 6.03 Å². The highest BCUT2D eigenvalue weighted by molar-refractivity contribution is 6.29. The van der Waals surface area contributed by atoms with Crippen molar-refractivity contribution in [2.75, 3.05) is 6.54 Å². The first-order valence-corrected chi connectivity index (χ1v) is 7.27. The molecule has 110 valence electrons. The van der Waals surface area contributed by atoms with Gasteiger partial charge in [-0.1, -0.05) is 25.4 Å². The van der Waals surface area contributed by atoms with Gasteiger partial charge in [0.15, 0.2) is 5.15 Å². The van der Waals surface area contributed by atoms with Crippen molar-refractivity contribution in [3.05, 3.63) is 23.2 Å². The van der Waals surface area contributed by atoms with Gasteiger partial charge in [0.25, 0.3) is 0 Å². The van der Waals surface area contributed by atoms with Crippen molar-refractivity contribution in [1.29, 1.82) is 0 Å². The summed E-state index contributed by atoms with van der Waals surface area (Å²) >= 11 is 5.93. The van der Waals surface area contributed by atoms with Crippen molar-refractivity contribution < 1.29 is 4.79 Å². The van der Waals surface area contributed by atoms with E-state index >= 15 is 0 Å². The maximum Gasteiger partial charge on any atom is 0.317 e. The number of piperidine rings is 1. The first kappa shape index (κ1) is 15.0. The number of halogens is 1. The molecule has 6 heteroatoms. The minimum absolute atomic E-state index is 0.0630. The maximum atomic E-state index is 12.3. The molecule has 2 heterocycles. The van der Waals surface area contributed by atoms with Crippen LogP contribution in [0.25, 0.3) is 0 Å². The van der Waals surface area contributed by atoms with E-state index in [-0.39, 0.29) is 17.5 Å². The second-order valence-electron chi connectivity index (χ2n) is 6.13. The lowest BCUT2D eigenvalue weighted by molar-refractivity contribution is 0.0937. The van der Waals surface area contributed by atoms with Crippen molar-refractivity contribution >= 4 is 17.6 Å². The average Bonchev–Trinajstić information content (AvgIpc) is 2.40. The molecule has 1 aliphatic rings. The highest BCUT2D eigenvalue weighted by atomic mass is 35.5. The van der Waals surface area contributed by atoms with Crippen LogP contribution in [-0.2, 0) is 6.54 Å². The summed E-state index contributed by atoms with van der Waals surface area (Å²) < 4.78 is 0. The third-order valence-corrected chi connectivity index (χ3v) is 4.08. The largest absolute Gasteiger partial charge is 0.332 e. The van der Waals surface area contributed by atoms with Crippen LogP contribution in [0.4, 0.5) is 4.79 Å². The van der Waals surface area contributed by atoms with Crippen molar-refractivity contribution in [3.63, 3.8) is 0 Å². The molecule has 1 atom stereocenters. The number of amides is 2. The number of nitrogens with one attached hydrogen (secondary N) is 1. The molecule has 0 spiro atoms. The zero-order valence-corrected chi connectivity index (χ0v) is 12.9. The molecule has 0 bridgehead atoms. The van der Waals surface area contributed by atoms with Crippen LogP contribution in [0.3, 0.4) is 0 Å². The average molecular weight is 297 g/mol. The number of carbonyl (C=O) groups excluding carboxylic acids is 1. The summed E-state index contributed by atoms with van der Waals surface area (Å²) in [6.07, 6.45) is 5.28. The van der Waals surface area contributed by atoms with Crippen LogP contribution in [0, 0.1) is 5.41 Å². The van der Waals surface area contributed by atoms with Gasteiger partial charge in [0.1, 0.15) is 0 Å². The first-order chi connectivity index (χ1) is 9.39. The smallest absolute Gasteiger partial charge is 0.317 e. The van der Waals surface area contributed by atoms with Gasteiger partial charge in [0.2, 0.25) is 0 Å². The van der Waals surface area contributed by atoms with Crippen molar-refractivity contribution in [3.8, 4) is 0 Å². The van der Waals surface area contributed by atoms with Crippen LogP contribution in [0.2, 0.25) is 5.15 Å². The Hall–Kier alpha value is -1.36. The quantitative estimate of drug-likeness (QED) is 0.913.